The molecule has 5 atom stereocenters. The Morgan fingerprint density at radius 2 is 1.46 bits per heavy atom. The van der Waals surface area contributed by atoms with Crippen molar-refractivity contribution in [2.24, 2.45) is 5.41 Å². The molecule has 434 valence electrons. The second kappa shape index (κ2) is 28.9. The molecule has 3 aromatic rings. The first-order valence-corrected chi connectivity index (χ1v) is 26.7. The molecule has 5 rings (SSSR count). The van der Waals surface area contributed by atoms with Crippen LogP contribution in [0, 0.1) is 5.41 Å². The minimum absolute atomic E-state index is 0.102. The molecule has 0 spiro atoms. The van der Waals surface area contributed by atoms with Crippen LogP contribution in [0.1, 0.15) is 102 Å². The summed E-state index contributed by atoms with van der Waals surface area (Å²) in [7, 11) is 7.35. The van der Waals surface area contributed by atoms with Crippen LogP contribution >= 0.6 is 0 Å². The van der Waals surface area contributed by atoms with Gasteiger partial charge in [-0.3, -0.25) is 33.6 Å². The molecule has 6 amide bonds. The quantitative estimate of drug-likeness (QED) is 0.229. The number of carbonyl (C=O) groups excluding carboxylic acids is 9. The molecule has 1 unspecified atom stereocenters. The largest absolute Gasteiger partial charge is 0.493 e. The summed E-state index contributed by atoms with van der Waals surface area (Å²) in [4.78, 5) is 130. The van der Waals surface area contributed by atoms with Crippen LogP contribution in [0.3, 0.4) is 0 Å². The summed E-state index contributed by atoms with van der Waals surface area (Å²) >= 11 is 0. The molecule has 21 heteroatoms. The van der Waals surface area contributed by atoms with Gasteiger partial charge in [0.1, 0.15) is 42.6 Å². The number of nitrogens with zero attached hydrogens (tertiary/aromatic N) is 4. The highest BCUT2D eigenvalue weighted by Gasteiger charge is 2.43. The summed E-state index contributed by atoms with van der Waals surface area (Å²) in [5, 5.41) is 5.44. The zero-order valence-electron chi connectivity index (χ0n) is 47.9. The number of likely N-dealkylation sites (N-methyl/N-ethyl adjacent to an activating group) is 3. The van der Waals surface area contributed by atoms with Crippen molar-refractivity contribution in [1.82, 2.24) is 30.2 Å². The predicted molar refractivity (Wildman–Crippen MR) is 294 cm³/mol. The number of methoxy groups -OCH3 is 2. The first kappa shape index (κ1) is 63.0. The van der Waals surface area contributed by atoms with Gasteiger partial charge in [-0.1, -0.05) is 54.6 Å². The lowest BCUT2D eigenvalue weighted by Crippen LogP contribution is -2.57. The van der Waals surface area contributed by atoms with Crippen LogP contribution in [0.25, 0.3) is 0 Å². The van der Waals surface area contributed by atoms with Gasteiger partial charge in [0, 0.05) is 40.3 Å². The van der Waals surface area contributed by atoms with Crippen molar-refractivity contribution in [2.45, 2.75) is 116 Å². The third kappa shape index (κ3) is 17.9. The van der Waals surface area contributed by atoms with Crippen LogP contribution < -0.4 is 24.8 Å². The van der Waals surface area contributed by atoms with Gasteiger partial charge in [-0.25, -0.2) is 9.59 Å². The molecule has 1 fully saturated rings. The van der Waals surface area contributed by atoms with Crippen LogP contribution in [0.4, 0.5) is 0 Å². The molecular weight excluding hydrogens is 1030 g/mol. The highest BCUT2D eigenvalue weighted by Crippen LogP contribution is 2.33. The normalized spacial score (nSPS) is 22.9. The van der Waals surface area contributed by atoms with E-state index in [1.807, 2.05) is 12.1 Å². The Morgan fingerprint density at radius 3 is 2.15 bits per heavy atom. The number of fused-ring (bicyclic) bond motifs is 3. The number of piperidine rings is 1. The number of esters is 2. The number of ether oxygens (including phenoxy) is 6. The predicted octanol–water partition coefficient (Wildman–Crippen LogP) is 4.70. The molecule has 2 aliphatic rings. The first-order chi connectivity index (χ1) is 37.8. The van der Waals surface area contributed by atoms with Gasteiger partial charge >= 0.3 is 11.9 Å². The van der Waals surface area contributed by atoms with Gasteiger partial charge in [-0.05, 0) is 121 Å². The summed E-state index contributed by atoms with van der Waals surface area (Å²) in [6, 6.07) is 15.6. The SMILES string of the molecule is COc1ccc(CC[C@H]2OC(=O)[C@@H]3CCCCN3C(=O)C(=O)C(C)(C)COC(=O)/C=C\CCN(C)C(=O)[C@H](C)NC(=O)[C@H](COC(C)(C)C)N(C)C(=O)C(c3ccccc3)NC(=O)CN(C)C(=O)COc3cccc2c3)cc1OC. The fourth-order valence-electron chi connectivity index (χ4n) is 8.86. The maximum Gasteiger partial charge on any atom is 0.330 e. The van der Waals surface area contributed by atoms with E-state index < -0.39 is 114 Å². The maximum absolute atomic E-state index is 14.6. The number of aryl methyl sites for hydroxylation is 1. The molecule has 80 heavy (non-hydrogen) atoms. The maximum atomic E-state index is 14.6. The van der Waals surface area contributed by atoms with Crippen LogP contribution in [0.15, 0.2) is 84.9 Å². The Morgan fingerprint density at radius 1 is 0.762 bits per heavy atom. The van der Waals surface area contributed by atoms with Gasteiger partial charge in [0.25, 0.3) is 11.8 Å². The van der Waals surface area contributed by atoms with Crippen molar-refractivity contribution in [3.8, 4) is 17.2 Å². The number of nitrogens with one attached hydrogen (secondary N) is 2. The average molecular weight is 1110 g/mol. The zero-order valence-corrected chi connectivity index (χ0v) is 47.9. The Labute approximate surface area is 468 Å². The number of ketones is 1. The second-order valence-electron chi connectivity index (χ2n) is 21.6. The first-order valence-electron chi connectivity index (χ1n) is 26.7. The fourth-order valence-corrected chi connectivity index (χ4v) is 8.86. The number of hydrogen-bond acceptors (Lipinski definition) is 15. The molecule has 0 saturated carbocycles. The molecule has 21 nitrogen and oxygen atoms in total. The topological polar surface area (TPSA) is 246 Å². The van der Waals surface area contributed by atoms with E-state index in [1.54, 1.807) is 81.4 Å². The molecule has 2 heterocycles. The van der Waals surface area contributed by atoms with E-state index in [2.05, 4.69) is 10.6 Å². The number of benzene rings is 3. The van der Waals surface area contributed by atoms with E-state index in [9.17, 15) is 43.2 Å². The molecule has 3 aromatic carbocycles. The number of Topliss-reactive ketones (excluding diaryl/α,β-unsaturated/α-hetero) is 1. The monoisotopic (exact) mass is 1110 g/mol. The Hall–Kier alpha value is -7.81. The lowest BCUT2D eigenvalue weighted by molar-refractivity contribution is -0.165. The van der Waals surface area contributed by atoms with E-state index in [-0.39, 0.29) is 44.7 Å². The van der Waals surface area contributed by atoms with E-state index >= 15 is 0 Å². The molecule has 0 radical (unpaired) electrons. The fraction of sp³-hybridized carbons (Fsp3) is 0.508. The van der Waals surface area contributed by atoms with Crippen molar-refractivity contribution >= 4 is 53.2 Å². The summed E-state index contributed by atoms with van der Waals surface area (Å²) in [6.45, 7) is 8.22. The molecule has 0 aromatic heterocycles. The number of rotatable bonds is 8. The minimum atomic E-state index is -1.49. The second-order valence-corrected chi connectivity index (χ2v) is 21.6. The Balaban J connectivity index is 1.46. The van der Waals surface area contributed by atoms with E-state index in [0.717, 1.165) is 21.4 Å². The standard InChI is InChI=1S/C59H78N6O15/c1-38-54(71)62(7)30-17-16-25-50(68)78-37-59(5,6)52(69)56(73)65-31-18-15-24-43(65)57(74)80-45(28-26-39-27-29-46(75-10)47(32-39)76-11)41-22-19-23-42(33-41)77-36-49(67)63(8)34-48(66)61-51(40-20-13-12-14-21-40)55(72)64(9)44(53(70)60-38)35-79-58(2,3)4/h12-14,16,19-23,25,27,29,32-33,38,43-45,51H,15,17-18,24,26,28,30-31,34-37H2,1-11H3,(H,60,70)(H,61,66)/b25-16-/t38-,43-,44-,45+,51?/m0/s1. The highest BCUT2D eigenvalue weighted by atomic mass is 16.5. The van der Waals surface area contributed by atoms with Gasteiger partial charge in [0.05, 0.1) is 38.4 Å². The van der Waals surface area contributed by atoms with Crippen LogP contribution in [0.2, 0.25) is 0 Å². The van der Waals surface area contributed by atoms with Crippen molar-refractivity contribution in [3.05, 3.63) is 102 Å². The summed E-state index contributed by atoms with van der Waals surface area (Å²) in [5.74, 6) is -5.26. The number of amides is 6. The smallest absolute Gasteiger partial charge is 0.330 e. The minimum Gasteiger partial charge on any atom is -0.493 e. The number of carbonyl (C=O) groups is 9. The van der Waals surface area contributed by atoms with Gasteiger partial charge in [-0.15, -0.1) is 0 Å². The third-order valence-corrected chi connectivity index (χ3v) is 13.7. The summed E-state index contributed by atoms with van der Waals surface area (Å²) < 4.78 is 34.7. The molecular formula is C59H78N6O15. The van der Waals surface area contributed by atoms with Crippen molar-refractivity contribution in [2.75, 3.05) is 74.8 Å². The van der Waals surface area contributed by atoms with Gasteiger partial charge in [0.2, 0.25) is 29.4 Å². The third-order valence-electron chi connectivity index (χ3n) is 13.7. The zero-order chi connectivity index (χ0) is 58.9. The van der Waals surface area contributed by atoms with E-state index in [0.29, 0.717) is 41.9 Å². The summed E-state index contributed by atoms with van der Waals surface area (Å²) in [6.07, 6.45) is 3.83. The molecule has 2 aliphatic heterocycles. The van der Waals surface area contributed by atoms with E-state index in [1.165, 1.54) is 72.0 Å². The average Bonchev–Trinajstić information content (AvgIpc) is 3.49. The van der Waals surface area contributed by atoms with E-state index in [4.69, 9.17) is 28.4 Å². The van der Waals surface area contributed by atoms with Crippen LogP contribution in [0.5, 0.6) is 17.2 Å². The van der Waals surface area contributed by atoms with Crippen molar-refractivity contribution in [3.63, 3.8) is 0 Å². The lowest BCUT2D eigenvalue weighted by atomic mass is 9.87. The van der Waals surface area contributed by atoms with Crippen molar-refractivity contribution in [1.29, 1.82) is 0 Å². The van der Waals surface area contributed by atoms with Crippen molar-refractivity contribution < 1.29 is 71.6 Å². The number of cyclic esters (lactones) is 2. The molecule has 2 N–H and O–H groups in total. The van der Waals surface area contributed by atoms with Gasteiger partial charge < -0.3 is 58.7 Å². The Kier molecular flexibility index (Phi) is 22.8. The Bertz CT molecular complexity index is 2720. The van der Waals surface area contributed by atoms with Crippen LogP contribution in [-0.2, 0) is 63.8 Å². The van der Waals surface area contributed by atoms with Crippen LogP contribution in [-0.4, -0.2) is 171 Å². The lowest BCUT2D eigenvalue weighted by Gasteiger charge is -2.36. The van der Waals surface area contributed by atoms with Gasteiger partial charge in [0.15, 0.2) is 18.1 Å². The summed E-state index contributed by atoms with van der Waals surface area (Å²) in [5.41, 5.74) is -0.525. The molecule has 1 saturated heterocycles. The molecule has 0 aliphatic carbocycles. The number of hydrogen-bond donors (Lipinski definition) is 2. The van der Waals surface area contributed by atoms with Gasteiger partial charge in [-0.2, -0.15) is 0 Å². The highest BCUT2D eigenvalue weighted by molar-refractivity contribution is 6.38. The molecule has 2 bridgehead atoms.